The van der Waals surface area contributed by atoms with Crippen molar-refractivity contribution in [1.29, 1.82) is 0 Å². The highest BCUT2D eigenvalue weighted by Crippen LogP contribution is 2.24. The van der Waals surface area contributed by atoms with Crippen LogP contribution in [0.25, 0.3) is 0 Å². The Morgan fingerprint density at radius 3 is 2.28 bits per heavy atom. The van der Waals surface area contributed by atoms with E-state index in [-0.39, 0.29) is 17.7 Å². The summed E-state index contributed by atoms with van der Waals surface area (Å²) >= 11 is 5.91. The maximum atomic E-state index is 13.0. The largest absolute Gasteiger partial charge is 0.357 e. The van der Waals surface area contributed by atoms with E-state index in [0.717, 1.165) is 57.9 Å². The van der Waals surface area contributed by atoms with Crippen molar-refractivity contribution in [1.82, 2.24) is 19.7 Å². The lowest BCUT2D eigenvalue weighted by Gasteiger charge is -2.39. The van der Waals surface area contributed by atoms with Gasteiger partial charge in [-0.1, -0.05) is 11.6 Å². The van der Waals surface area contributed by atoms with Gasteiger partial charge in [0.1, 0.15) is 5.82 Å². The molecule has 0 aromatic carbocycles. The van der Waals surface area contributed by atoms with Crippen LogP contribution in [0.3, 0.4) is 0 Å². The minimum absolute atomic E-state index is 0.0856. The third-order valence-corrected chi connectivity index (χ3v) is 6.26. The number of nitrogens with zero attached hydrogens (tertiary/aromatic N) is 5. The molecule has 0 unspecified atom stereocenters. The summed E-state index contributed by atoms with van der Waals surface area (Å²) in [6.45, 7) is 10.6. The Bertz CT molecular complexity index is 679. The second-order valence-electron chi connectivity index (χ2n) is 7.76. The van der Waals surface area contributed by atoms with Gasteiger partial charge < -0.3 is 14.7 Å². The molecule has 2 amide bonds. The van der Waals surface area contributed by atoms with Gasteiger partial charge in [0, 0.05) is 64.5 Å². The number of amides is 2. The van der Waals surface area contributed by atoms with Gasteiger partial charge in [-0.2, -0.15) is 0 Å². The van der Waals surface area contributed by atoms with Gasteiger partial charge in [0.05, 0.1) is 11.6 Å². The Kier molecular flexibility index (Phi) is 7.72. The van der Waals surface area contributed by atoms with Crippen LogP contribution in [0, 0.1) is 5.92 Å². The number of carbonyl (C=O) groups excluding carboxylic acids is 2. The molecule has 1 aromatic heterocycles. The van der Waals surface area contributed by atoms with Crippen LogP contribution in [-0.4, -0.2) is 90.4 Å². The SMILES string of the molecule is CCN(CC)C(=O)CN1CCN(C(=O)C2CCN(c3ccc(Cl)cn3)CC2)CC1. The van der Waals surface area contributed by atoms with E-state index in [4.69, 9.17) is 11.6 Å². The van der Waals surface area contributed by atoms with Crippen LogP contribution >= 0.6 is 11.6 Å². The molecule has 0 spiro atoms. The standard InChI is InChI=1S/C21H32ClN5O2/c1-3-25(4-2)20(28)16-24-11-13-27(14-12-24)21(29)17-7-9-26(10-8-17)19-6-5-18(22)15-23-19/h5-6,15,17H,3-4,7-14,16H2,1-2H3. The highest BCUT2D eigenvalue weighted by molar-refractivity contribution is 6.30. The number of piperazine rings is 1. The number of hydrogen-bond acceptors (Lipinski definition) is 5. The minimum Gasteiger partial charge on any atom is -0.357 e. The second-order valence-corrected chi connectivity index (χ2v) is 8.20. The molecule has 0 atom stereocenters. The molecule has 29 heavy (non-hydrogen) atoms. The monoisotopic (exact) mass is 421 g/mol. The topological polar surface area (TPSA) is 60.0 Å². The van der Waals surface area contributed by atoms with Gasteiger partial charge in [0.15, 0.2) is 0 Å². The average Bonchev–Trinajstić information content (AvgIpc) is 2.75. The molecule has 8 heteroatoms. The quantitative estimate of drug-likeness (QED) is 0.702. The Morgan fingerprint density at radius 1 is 1.07 bits per heavy atom. The minimum atomic E-state index is 0.0856. The molecule has 0 N–H and O–H groups in total. The summed E-state index contributed by atoms with van der Waals surface area (Å²) in [5.74, 6) is 1.45. The van der Waals surface area contributed by atoms with Crippen molar-refractivity contribution >= 4 is 29.2 Å². The molecule has 2 aliphatic heterocycles. The zero-order valence-corrected chi connectivity index (χ0v) is 18.3. The number of likely N-dealkylation sites (N-methyl/N-ethyl adjacent to an activating group) is 1. The van der Waals surface area contributed by atoms with E-state index in [1.54, 1.807) is 6.20 Å². The van der Waals surface area contributed by atoms with Crippen molar-refractivity contribution < 1.29 is 9.59 Å². The first kappa shape index (κ1) is 21.8. The van der Waals surface area contributed by atoms with E-state index in [2.05, 4.69) is 14.8 Å². The summed E-state index contributed by atoms with van der Waals surface area (Å²) in [7, 11) is 0. The van der Waals surface area contributed by atoms with Crippen LogP contribution in [0.15, 0.2) is 18.3 Å². The molecule has 160 valence electrons. The molecule has 0 radical (unpaired) electrons. The predicted molar refractivity (Wildman–Crippen MR) is 115 cm³/mol. The van der Waals surface area contributed by atoms with Crippen LogP contribution in [0.1, 0.15) is 26.7 Å². The molecule has 2 aliphatic rings. The molecule has 3 rings (SSSR count). The van der Waals surface area contributed by atoms with Crippen molar-refractivity contribution in [3.05, 3.63) is 23.4 Å². The van der Waals surface area contributed by atoms with E-state index >= 15 is 0 Å². The van der Waals surface area contributed by atoms with Crippen molar-refractivity contribution in [3.63, 3.8) is 0 Å². The Hall–Kier alpha value is -1.86. The van der Waals surface area contributed by atoms with E-state index in [0.29, 0.717) is 24.7 Å². The zero-order valence-electron chi connectivity index (χ0n) is 17.5. The molecular weight excluding hydrogens is 390 g/mol. The van der Waals surface area contributed by atoms with E-state index < -0.39 is 0 Å². The maximum absolute atomic E-state index is 13.0. The zero-order chi connectivity index (χ0) is 20.8. The summed E-state index contributed by atoms with van der Waals surface area (Å²) in [4.78, 5) is 37.9. The molecule has 2 fully saturated rings. The van der Waals surface area contributed by atoms with Gasteiger partial charge in [-0.25, -0.2) is 4.98 Å². The Morgan fingerprint density at radius 2 is 1.72 bits per heavy atom. The summed E-state index contributed by atoms with van der Waals surface area (Å²) in [5, 5.41) is 0.636. The highest BCUT2D eigenvalue weighted by Gasteiger charge is 2.31. The fraction of sp³-hybridized carbons (Fsp3) is 0.667. The van der Waals surface area contributed by atoms with Gasteiger partial charge in [-0.3, -0.25) is 14.5 Å². The van der Waals surface area contributed by atoms with Crippen LogP contribution in [-0.2, 0) is 9.59 Å². The lowest BCUT2D eigenvalue weighted by atomic mass is 9.95. The third-order valence-electron chi connectivity index (χ3n) is 6.04. The number of anilines is 1. The van der Waals surface area contributed by atoms with E-state index in [9.17, 15) is 9.59 Å². The lowest BCUT2D eigenvalue weighted by molar-refractivity contribution is -0.138. The third kappa shape index (κ3) is 5.60. The fourth-order valence-corrected chi connectivity index (χ4v) is 4.27. The summed E-state index contributed by atoms with van der Waals surface area (Å²) in [6, 6.07) is 3.79. The molecule has 7 nitrogen and oxygen atoms in total. The smallest absolute Gasteiger partial charge is 0.236 e. The van der Waals surface area contributed by atoms with Gasteiger partial charge in [-0.05, 0) is 38.8 Å². The van der Waals surface area contributed by atoms with Crippen LogP contribution < -0.4 is 4.90 Å². The van der Waals surface area contributed by atoms with Crippen molar-refractivity contribution in [2.75, 3.05) is 63.8 Å². The molecule has 0 aliphatic carbocycles. The van der Waals surface area contributed by atoms with Crippen LogP contribution in [0.5, 0.6) is 0 Å². The van der Waals surface area contributed by atoms with Gasteiger partial charge in [0.2, 0.25) is 11.8 Å². The number of halogens is 1. The molecule has 1 aromatic rings. The fourth-order valence-electron chi connectivity index (χ4n) is 4.16. The number of aromatic nitrogens is 1. The van der Waals surface area contributed by atoms with Gasteiger partial charge >= 0.3 is 0 Å². The molecule has 0 bridgehead atoms. The number of rotatable bonds is 6. The number of piperidine rings is 1. The van der Waals surface area contributed by atoms with Crippen molar-refractivity contribution in [2.45, 2.75) is 26.7 Å². The van der Waals surface area contributed by atoms with E-state index in [1.807, 2.05) is 35.8 Å². The molecule has 0 saturated carbocycles. The van der Waals surface area contributed by atoms with Gasteiger partial charge in [0.25, 0.3) is 0 Å². The molecule has 2 saturated heterocycles. The summed E-state index contributed by atoms with van der Waals surface area (Å²) < 4.78 is 0. The molecule has 3 heterocycles. The normalized spacial score (nSPS) is 18.7. The number of carbonyl (C=O) groups is 2. The van der Waals surface area contributed by atoms with Gasteiger partial charge in [-0.15, -0.1) is 0 Å². The predicted octanol–water partition coefficient (Wildman–Crippen LogP) is 1.96. The Labute approximate surface area is 178 Å². The first-order chi connectivity index (χ1) is 14.0. The highest BCUT2D eigenvalue weighted by atomic mass is 35.5. The van der Waals surface area contributed by atoms with Crippen molar-refractivity contribution in [2.24, 2.45) is 5.92 Å². The maximum Gasteiger partial charge on any atom is 0.236 e. The number of pyridine rings is 1. The van der Waals surface area contributed by atoms with E-state index in [1.165, 1.54) is 0 Å². The first-order valence-electron chi connectivity index (χ1n) is 10.7. The van der Waals surface area contributed by atoms with Crippen molar-refractivity contribution in [3.8, 4) is 0 Å². The molecular formula is C21H32ClN5O2. The van der Waals surface area contributed by atoms with Crippen LogP contribution in [0.4, 0.5) is 5.82 Å². The summed E-state index contributed by atoms with van der Waals surface area (Å²) in [5.41, 5.74) is 0. The van der Waals surface area contributed by atoms with Crippen LogP contribution in [0.2, 0.25) is 5.02 Å². The Balaban J connectivity index is 1.43. The number of hydrogen-bond donors (Lipinski definition) is 0. The summed E-state index contributed by atoms with van der Waals surface area (Å²) in [6.07, 6.45) is 3.37. The first-order valence-corrected chi connectivity index (χ1v) is 11.0. The average molecular weight is 422 g/mol. The second kappa shape index (κ2) is 10.3. The lowest BCUT2D eigenvalue weighted by Crippen LogP contribution is -2.53.